The molecule has 0 saturated carbocycles. The predicted octanol–water partition coefficient (Wildman–Crippen LogP) is 2.68. The number of carbonyl (C=O) groups excluding carboxylic acids is 1. The van der Waals surface area contributed by atoms with E-state index in [0.29, 0.717) is 32.3 Å². The fourth-order valence-corrected chi connectivity index (χ4v) is 1.50. The molecule has 6 heteroatoms. The van der Waals surface area contributed by atoms with Gasteiger partial charge in [0.05, 0.1) is 13.2 Å². The summed E-state index contributed by atoms with van der Waals surface area (Å²) in [5.74, 6) is 0.197. The first-order valence-corrected chi connectivity index (χ1v) is 7.08. The third kappa shape index (κ3) is 8.97. The monoisotopic (exact) mass is 299 g/mol. The number of hydrogen-bond donors (Lipinski definition) is 0. The summed E-state index contributed by atoms with van der Waals surface area (Å²) in [6.07, 6.45) is 0.890. The van der Waals surface area contributed by atoms with E-state index in [1.54, 1.807) is 0 Å². The van der Waals surface area contributed by atoms with Gasteiger partial charge >= 0.3 is 0 Å². The first-order chi connectivity index (χ1) is 8.49. The smallest absolute Gasteiger partial charge is 0.257 e. The molecule has 0 spiro atoms. The highest BCUT2D eigenvalue weighted by atomic mass is 35.5. The van der Waals surface area contributed by atoms with Crippen LogP contribution in [0.15, 0.2) is 0 Å². The molecule has 0 N–H and O–H groups in total. The second kappa shape index (κ2) is 10.9. The molecule has 0 aliphatic carbocycles. The van der Waals surface area contributed by atoms with E-state index >= 15 is 0 Å². The van der Waals surface area contributed by atoms with E-state index in [2.05, 4.69) is 13.8 Å². The Bertz CT molecular complexity index is 225. The van der Waals surface area contributed by atoms with E-state index in [1.165, 1.54) is 4.90 Å². The number of rotatable bonds is 10. The van der Waals surface area contributed by atoms with Crippen molar-refractivity contribution >= 4 is 29.1 Å². The molecule has 108 valence electrons. The maximum Gasteiger partial charge on any atom is 0.257 e. The molecule has 0 fully saturated rings. The molecule has 0 atom stereocenters. The Balaban J connectivity index is 4.01. The van der Waals surface area contributed by atoms with Crippen LogP contribution in [-0.4, -0.2) is 48.7 Å². The van der Waals surface area contributed by atoms with Gasteiger partial charge in [0, 0.05) is 13.2 Å². The van der Waals surface area contributed by atoms with Gasteiger partial charge in [0.25, 0.3) is 5.91 Å². The van der Waals surface area contributed by atoms with Gasteiger partial charge in [0.15, 0.2) is 4.84 Å². The molecule has 0 aromatic carbocycles. The third-order valence-electron chi connectivity index (χ3n) is 2.30. The molecule has 0 aromatic heterocycles. The van der Waals surface area contributed by atoms with E-state index < -0.39 is 4.84 Å². The van der Waals surface area contributed by atoms with Crippen molar-refractivity contribution in [3.05, 3.63) is 0 Å². The Morgan fingerprint density at radius 2 is 1.83 bits per heavy atom. The van der Waals surface area contributed by atoms with Crippen LogP contribution in [0.5, 0.6) is 0 Å². The zero-order valence-electron chi connectivity index (χ0n) is 11.3. The molecule has 4 nitrogen and oxygen atoms in total. The zero-order chi connectivity index (χ0) is 14.0. The van der Waals surface area contributed by atoms with Gasteiger partial charge in [-0.15, -0.1) is 0 Å². The summed E-state index contributed by atoms with van der Waals surface area (Å²) >= 11 is 11.2. The molecule has 1 amide bonds. The van der Waals surface area contributed by atoms with Crippen LogP contribution in [0.1, 0.15) is 27.2 Å². The predicted molar refractivity (Wildman–Crippen MR) is 74.0 cm³/mol. The lowest BCUT2D eigenvalue weighted by Gasteiger charge is -2.23. The van der Waals surface area contributed by atoms with Crippen LogP contribution in [0.4, 0.5) is 0 Å². The van der Waals surface area contributed by atoms with Crippen LogP contribution in [0.3, 0.4) is 0 Å². The molecule has 0 aromatic rings. The van der Waals surface area contributed by atoms with Crippen LogP contribution >= 0.6 is 23.2 Å². The topological polar surface area (TPSA) is 38.8 Å². The zero-order valence-corrected chi connectivity index (χ0v) is 12.8. The van der Waals surface area contributed by atoms with E-state index in [0.717, 1.165) is 6.42 Å². The van der Waals surface area contributed by atoms with Crippen molar-refractivity contribution in [1.29, 1.82) is 0 Å². The number of ether oxygens (including phenoxy) is 2. The largest absolute Gasteiger partial charge is 0.379 e. The average molecular weight is 300 g/mol. The SMILES string of the molecule is CCOCCOCN(CCC(C)C)C(=O)C(Cl)Cl. The molecule has 0 rings (SSSR count). The van der Waals surface area contributed by atoms with Gasteiger partial charge in [-0.3, -0.25) is 4.79 Å². The molecule has 0 heterocycles. The van der Waals surface area contributed by atoms with Crippen LogP contribution < -0.4 is 0 Å². The number of amides is 1. The second-order valence-corrected chi connectivity index (χ2v) is 5.42. The first-order valence-electron chi connectivity index (χ1n) is 6.21. The lowest BCUT2D eigenvalue weighted by molar-refractivity contribution is -0.135. The molecule has 0 radical (unpaired) electrons. The molecular weight excluding hydrogens is 277 g/mol. The lowest BCUT2D eigenvalue weighted by atomic mass is 10.1. The Hall–Kier alpha value is -0.0300. The summed E-state index contributed by atoms with van der Waals surface area (Å²) in [6.45, 7) is 8.54. The van der Waals surface area contributed by atoms with Gasteiger partial charge in [0.1, 0.15) is 6.73 Å². The average Bonchev–Trinajstić information content (AvgIpc) is 2.31. The van der Waals surface area contributed by atoms with Gasteiger partial charge in [-0.05, 0) is 19.3 Å². The summed E-state index contributed by atoms with van der Waals surface area (Å²) in [7, 11) is 0. The van der Waals surface area contributed by atoms with Crippen molar-refractivity contribution in [2.45, 2.75) is 32.0 Å². The Kier molecular flexibility index (Phi) is 10.8. The van der Waals surface area contributed by atoms with E-state index in [1.807, 2.05) is 6.92 Å². The van der Waals surface area contributed by atoms with Crippen molar-refractivity contribution in [2.24, 2.45) is 5.92 Å². The normalized spacial score (nSPS) is 11.3. The minimum atomic E-state index is -1.03. The van der Waals surface area contributed by atoms with Crippen LogP contribution in [0.2, 0.25) is 0 Å². The highest BCUT2D eigenvalue weighted by molar-refractivity contribution is 6.53. The maximum absolute atomic E-state index is 11.7. The fraction of sp³-hybridized carbons (Fsp3) is 0.917. The van der Waals surface area contributed by atoms with Crippen molar-refractivity contribution < 1.29 is 14.3 Å². The number of carbonyl (C=O) groups is 1. The molecule has 0 saturated heterocycles. The van der Waals surface area contributed by atoms with Gasteiger partial charge in [-0.2, -0.15) is 0 Å². The molecule has 0 aliphatic heterocycles. The van der Waals surface area contributed by atoms with E-state index in [4.69, 9.17) is 32.7 Å². The maximum atomic E-state index is 11.7. The highest BCUT2D eigenvalue weighted by Crippen LogP contribution is 2.10. The minimum Gasteiger partial charge on any atom is -0.379 e. The van der Waals surface area contributed by atoms with Gasteiger partial charge < -0.3 is 14.4 Å². The second-order valence-electron chi connectivity index (χ2n) is 4.32. The summed E-state index contributed by atoms with van der Waals surface area (Å²) in [5, 5.41) is 0. The lowest BCUT2D eigenvalue weighted by Crippen LogP contribution is -2.38. The summed E-state index contributed by atoms with van der Waals surface area (Å²) < 4.78 is 10.5. The number of nitrogens with zero attached hydrogens (tertiary/aromatic N) is 1. The molecular formula is C12H23Cl2NO3. The van der Waals surface area contributed by atoms with Crippen LogP contribution in [-0.2, 0) is 14.3 Å². The molecule has 0 aliphatic rings. The van der Waals surface area contributed by atoms with Crippen LogP contribution in [0, 0.1) is 5.92 Å². The van der Waals surface area contributed by atoms with Gasteiger partial charge in [-0.1, -0.05) is 37.0 Å². The fourth-order valence-electron chi connectivity index (χ4n) is 1.23. The van der Waals surface area contributed by atoms with Gasteiger partial charge in [0.2, 0.25) is 0 Å². The van der Waals surface area contributed by atoms with Crippen molar-refractivity contribution in [1.82, 2.24) is 4.90 Å². The Morgan fingerprint density at radius 1 is 1.22 bits per heavy atom. The summed E-state index contributed by atoms with van der Waals surface area (Å²) in [6, 6.07) is 0. The van der Waals surface area contributed by atoms with Crippen molar-refractivity contribution in [2.75, 3.05) is 33.1 Å². The summed E-state index contributed by atoms with van der Waals surface area (Å²) in [4.78, 5) is 12.2. The number of alkyl halides is 2. The Labute approximate surface area is 120 Å². The van der Waals surface area contributed by atoms with Crippen LogP contribution in [0.25, 0.3) is 0 Å². The van der Waals surface area contributed by atoms with E-state index in [-0.39, 0.29) is 12.6 Å². The van der Waals surface area contributed by atoms with Crippen molar-refractivity contribution in [3.63, 3.8) is 0 Å². The van der Waals surface area contributed by atoms with E-state index in [9.17, 15) is 4.79 Å². The first kappa shape index (κ1) is 18.0. The summed E-state index contributed by atoms with van der Waals surface area (Å²) in [5.41, 5.74) is 0. The molecule has 0 bridgehead atoms. The number of halogens is 2. The molecule has 0 unspecified atom stereocenters. The van der Waals surface area contributed by atoms with Gasteiger partial charge in [-0.25, -0.2) is 0 Å². The number of hydrogen-bond acceptors (Lipinski definition) is 3. The highest BCUT2D eigenvalue weighted by Gasteiger charge is 2.20. The standard InChI is InChI=1S/C12H23Cl2NO3/c1-4-17-7-8-18-9-15(6-5-10(2)3)12(16)11(13)14/h10-11H,4-9H2,1-3H3. The van der Waals surface area contributed by atoms with Crippen molar-refractivity contribution in [3.8, 4) is 0 Å². The Morgan fingerprint density at radius 3 is 2.33 bits per heavy atom. The third-order valence-corrected chi connectivity index (χ3v) is 2.67. The quantitative estimate of drug-likeness (QED) is 0.354. The molecule has 18 heavy (non-hydrogen) atoms. The minimum absolute atomic E-state index is 0.203.